The van der Waals surface area contributed by atoms with Crippen LogP contribution in [0.1, 0.15) is 31.6 Å². The van der Waals surface area contributed by atoms with Gasteiger partial charge in [-0.05, 0) is 25.0 Å². The molecule has 0 radical (unpaired) electrons. The fourth-order valence-corrected chi connectivity index (χ4v) is 2.50. The third-order valence-electron chi connectivity index (χ3n) is 3.59. The van der Waals surface area contributed by atoms with Crippen molar-refractivity contribution in [3.63, 3.8) is 0 Å². The molecule has 116 valence electrons. The summed E-state index contributed by atoms with van der Waals surface area (Å²) in [4.78, 5) is 19.9. The maximum absolute atomic E-state index is 11.7. The van der Waals surface area contributed by atoms with E-state index >= 15 is 0 Å². The van der Waals surface area contributed by atoms with Crippen molar-refractivity contribution >= 4 is 5.91 Å². The second-order valence-corrected chi connectivity index (χ2v) is 5.29. The normalized spacial score (nSPS) is 15.1. The first-order chi connectivity index (χ1) is 10.8. The standard InChI is InChI=1S/C15H18N4O3/c20-13(17-12-3-1-2-4-12)9-21-10-14-18-15(19-22-14)11-5-7-16-8-6-11/h5-8,12H,1-4,9-10H2,(H,17,20). The maximum atomic E-state index is 11.7. The number of hydrogen-bond donors (Lipinski definition) is 1. The summed E-state index contributed by atoms with van der Waals surface area (Å²) in [6.07, 6.45) is 7.82. The predicted octanol–water partition coefficient (Wildman–Crippen LogP) is 1.71. The molecule has 3 rings (SSSR count). The van der Waals surface area contributed by atoms with Gasteiger partial charge < -0.3 is 14.6 Å². The number of pyridine rings is 1. The molecule has 1 N–H and O–H groups in total. The van der Waals surface area contributed by atoms with Gasteiger partial charge >= 0.3 is 0 Å². The number of carbonyl (C=O) groups is 1. The Hall–Kier alpha value is -2.28. The Bertz CT molecular complexity index is 608. The van der Waals surface area contributed by atoms with Gasteiger partial charge in [-0.15, -0.1) is 0 Å². The van der Waals surface area contributed by atoms with Crippen LogP contribution in [0, 0.1) is 0 Å². The summed E-state index contributed by atoms with van der Waals surface area (Å²) in [5, 5.41) is 6.83. The predicted molar refractivity (Wildman–Crippen MR) is 77.6 cm³/mol. The Labute approximate surface area is 128 Å². The van der Waals surface area contributed by atoms with E-state index in [9.17, 15) is 4.79 Å². The number of carbonyl (C=O) groups excluding carboxylic acids is 1. The first kappa shape index (κ1) is 14.6. The first-order valence-electron chi connectivity index (χ1n) is 7.41. The quantitative estimate of drug-likeness (QED) is 0.873. The Morgan fingerprint density at radius 3 is 2.86 bits per heavy atom. The summed E-state index contributed by atoms with van der Waals surface area (Å²) >= 11 is 0. The molecule has 2 aromatic heterocycles. The molecule has 1 fully saturated rings. The van der Waals surface area contributed by atoms with Crippen molar-refractivity contribution in [3.05, 3.63) is 30.4 Å². The summed E-state index contributed by atoms with van der Waals surface area (Å²) in [6.45, 7) is 0.125. The van der Waals surface area contributed by atoms with Crippen LogP contribution >= 0.6 is 0 Å². The van der Waals surface area contributed by atoms with E-state index in [0.717, 1.165) is 18.4 Å². The van der Waals surface area contributed by atoms with Crippen molar-refractivity contribution in [2.45, 2.75) is 38.3 Å². The van der Waals surface area contributed by atoms with E-state index in [2.05, 4.69) is 20.4 Å². The van der Waals surface area contributed by atoms with Crippen molar-refractivity contribution in [1.29, 1.82) is 0 Å². The summed E-state index contributed by atoms with van der Waals surface area (Å²) < 4.78 is 10.4. The van der Waals surface area contributed by atoms with Crippen molar-refractivity contribution < 1.29 is 14.1 Å². The number of nitrogens with zero attached hydrogens (tertiary/aromatic N) is 3. The van der Waals surface area contributed by atoms with Gasteiger partial charge in [0.15, 0.2) is 0 Å². The maximum Gasteiger partial charge on any atom is 0.252 e. The van der Waals surface area contributed by atoms with Crippen molar-refractivity contribution in [3.8, 4) is 11.4 Å². The van der Waals surface area contributed by atoms with E-state index in [1.165, 1.54) is 12.8 Å². The summed E-state index contributed by atoms with van der Waals surface area (Å²) in [7, 11) is 0. The highest BCUT2D eigenvalue weighted by Crippen LogP contribution is 2.17. The zero-order valence-electron chi connectivity index (χ0n) is 12.2. The van der Waals surface area contributed by atoms with Crippen LogP contribution in [0.3, 0.4) is 0 Å². The average molecular weight is 302 g/mol. The molecule has 2 heterocycles. The first-order valence-corrected chi connectivity index (χ1v) is 7.41. The molecule has 1 amide bonds. The lowest BCUT2D eigenvalue weighted by atomic mass is 10.2. The Balaban J connectivity index is 1.44. The molecule has 22 heavy (non-hydrogen) atoms. The van der Waals surface area contributed by atoms with Crippen LogP contribution in [0.25, 0.3) is 11.4 Å². The van der Waals surface area contributed by atoms with Gasteiger partial charge in [-0.3, -0.25) is 9.78 Å². The fraction of sp³-hybridized carbons (Fsp3) is 0.467. The van der Waals surface area contributed by atoms with E-state index in [1.807, 2.05) is 0 Å². The van der Waals surface area contributed by atoms with Gasteiger partial charge in [0.05, 0.1) is 0 Å². The fourth-order valence-electron chi connectivity index (χ4n) is 2.50. The van der Waals surface area contributed by atoms with Crippen LogP contribution < -0.4 is 5.32 Å². The molecule has 7 heteroatoms. The van der Waals surface area contributed by atoms with Gasteiger partial charge in [-0.25, -0.2) is 0 Å². The topological polar surface area (TPSA) is 90.1 Å². The number of hydrogen-bond acceptors (Lipinski definition) is 6. The number of nitrogens with one attached hydrogen (secondary N) is 1. The van der Waals surface area contributed by atoms with E-state index in [-0.39, 0.29) is 19.1 Å². The third kappa shape index (κ3) is 3.88. The molecule has 0 bridgehead atoms. The van der Waals surface area contributed by atoms with Gasteiger partial charge in [-0.1, -0.05) is 18.0 Å². The summed E-state index contributed by atoms with van der Waals surface area (Å²) in [5.74, 6) is 0.734. The molecule has 0 unspecified atom stereocenters. The lowest BCUT2D eigenvalue weighted by Crippen LogP contribution is -2.35. The lowest BCUT2D eigenvalue weighted by Gasteiger charge is -2.11. The zero-order valence-corrected chi connectivity index (χ0v) is 12.2. The molecule has 1 aliphatic rings. The second-order valence-electron chi connectivity index (χ2n) is 5.29. The summed E-state index contributed by atoms with van der Waals surface area (Å²) in [6, 6.07) is 3.90. The molecule has 1 aliphatic carbocycles. The largest absolute Gasteiger partial charge is 0.362 e. The highest BCUT2D eigenvalue weighted by atomic mass is 16.5. The average Bonchev–Trinajstić information content (AvgIpc) is 3.20. The third-order valence-corrected chi connectivity index (χ3v) is 3.59. The smallest absolute Gasteiger partial charge is 0.252 e. The minimum Gasteiger partial charge on any atom is -0.362 e. The Kier molecular flexibility index (Phi) is 4.75. The van der Waals surface area contributed by atoms with Gasteiger partial charge in [0.1, 0.15) is 13.2 Å². The summed E-state index contributed by atoms with van der Waals surface area (Å²) in [5.41, 5.74) is 0.823. The minimum absolute atomic E-state index is 0.00344. The Morgan fingerprint density at radius 1 is 1.32 bits per heavy atom. The molecule has 0 aromatic carbocycles. The van der Waals surface area contributed by atoms with Crippen molar-refractivity contribution in [1.82, 2.24) is 20.4 Å². The van der Waals surface area contributed by atoms with Crippen molar-refractivity contribution in [2.24, 2.45) is 0 Å². The molecule has 0 spiro atoms. The Morgan fingerprint density at radius 2 is 2.09 bits per heavy atom. The van der Waals surface area contributed by atoms with Gasteiger partial charge in [-0.2, -0.15) is 4.98 Å². The molecule has 0 aliphatic heterocycles. The molecule has 0 atom stereocenters. The van der Waals surface area contributed by atoms with Crippen LogP contribution in [-0.2, 0) is 16.1 Å². The second kappa shape index (κ2) is 7.13. The van der Waals surface area contributed by atoms with Crippen LogP contribution in [0.4, 0.5) is 0 Å². The van der Waals surface area contributed by atoms with E-state index in [4.69, 9.17) is 9.26 Å². The minimum atomic E-state index is -0.0965. The number of rotatable bonds is 6. The van der Waals surface area contributed by atoms with Gasteiger partial charge in [0, 0.05) is 24.0 Å². The molecule has 7 nitrogen and oxygen atoms in total. The zero-order chi connectivity index (χ0) is 15.2. The molecule has 0 saturated heterocycles. The SMILES string of the molecule is O=C(COCc1nc(-c2ccncc2)no1)NC1CCCC1. The van der Waals surface area contributed by atoms with Crippen LogP contribution in [0.15, 0.2) is 29.0 Å². The highest BCUT2D eigenvalue weighted by molar-refractivity contribution is 5.77. The van der Waals surface area contributed by atoms with Crippen LogP contribution in [0.5, 0.6) is 0 Å². The monoisotopic (exact) mass is 302 g/mol. The van der Waals surface area contributed by atoms with E-state index < -0.39 is 0 Å². The van der Waals surface area contributed by atoms with Crippen molar-refractivity contribution in [2.75, 3.05) is 6.61 Å². The number of ether oxygens (including phenoxy) is 1. The lowest BCUT2D eigenvalue weighted by molar-refractivity contribution is -0.127. The van der Waals surface area contributed by atoms with Crippen LogP contribution in [-0.4, -0.2) is 33.7 Å². The molecule has 1 saturated carbocycles. The van der Waals surface area contributed by atoms with Crippen LogP contribution in [0.2, 0.25) is 0 Å². The van der Waals surface area contributed by atoms with Gasteiger partial charge in [0.2, 0.25) is 11.7 Å². The molecule has 2 aromatic rings. The van der Waals surface area contributed by atoms with E-state index in [1.54, 1.807) is 24.5 Å². The molecular weight excluding hydrogens is 284 g/mol. The number of aromatic nitrogens is 3. The highest BCUT2D eigenvalue weighted by Gasteiger charge is 2.17. The van der Waals surface area contributed by atoms with E-state index in [0.29, 0.717) is 17.8 Å². The molecular formula is C15H18N4O3. The number of amides is 1. The van der Waals surface area contributed by atoms with Gasteiger partial charge in [0.25, 0.3) is 5.89 Å².